The van der Waals surface area contributed by atoms with Gasteiger partial charge in [-0.05, 0) is 59.2 Å². The van der Waals surface area contributed by atoms with Crippen LogP contribution in [0.15, 0.2) is 18.2 Å². The Morgan fingerprint density at radius 3 is 2.89 bits per heavy atom. The van der Waals surface area contributed by atoms with Gasteiger partial charge in [0.1, 0.15) is 23.5 Å². The molecule has 1 unspecified atom stereocenters. The van der Waals surface area contributed by atoms with Gasteiger partial charge in [-0.15, -0.1) is 11.3 Å². The van der Waals surface area contributed by atoms with Crippen molar-refractivity contribution in [2.24, 2.45) is 0 Å². The van der Waals surface area contributed by atoms with Crippen LogP contribution < -0.4 is 10.8 Å². The van der Waals surface area contributed by atoms with Crippen molar-refractivity contribution in [3.63, 3.8) is 0 Å². The number of ketones is 1. The van der Waals surface area contributed by atoms with Crippen molar-refractivity contribution in [1.29, 1.82) is 0 Å². The molecule has 1 atom stereocenters. The number of rotatable bonds is 7. The average Bonchev–Trinajstić information content (AvgIpc) is 3.03. The Hall–Kier alpha value is -1.60. The minimum absolute atomic E-state index is 0.0481. The van der Waals surface area contributed by atoms with Crippen LogP contribution in [0.1, 0.15) is 38.4 Å². The number of amides is 1. The zero-order valence-electron chi connectivity index (χ0n) is 14.6. The molecule has 4 N–H and O–H groups in total. The maximum Gasteiger partial charge on any atom is 0.278 e. The van der Waals surface area contributed by atoms with Crippen molar-refractivity contribution in [3.8, 4) is 0 Å². The first-order valence-corrected chi connectivity index (χ1v) is 10.4. The van der Waals surface area contributed by atoms with E-state index in [1.165, 1.54) is 6.07 Å². The molecule has 3 rings (SSSR count). The molecule has 7 nitrogen and oxygen atoms in total. The highest BCUT2D eigenvalue weighted by atomic mass is 127. The van der Waals surface area contributed by atoms with Gasteiger partial charge in [-0.3, -0.25) is 14.4 Å². The van der Waals surface area contributed by atoms with Crippen LogP contribution in [0, 0.1) is 9.39 Å². The SMILES string of the molecule is O=C1CCCc2c1sc(Nc1ccc(I)cc1F)c2C(=O)NOCC(O)CO. The highest BCUT2D eigenvalue weighted by Crippen LogP contribution is 2.40. The number of aliphatic hydroxyl groups is 2. The molecule has 0 spiro atoms. The van der Waals surface area contributed by atoms with E-state index < -0.39 is 24.4 Å². The summed E-state index contributed by atoms with van der Waals surface area (Å²) in [4.78, 5) is 30.4. The Kier molecular flexibility index (Phi) is 6.99. The lowest BCUT2D eigenvalue weighted by Gasteiger charge is -2.14. The molecule has 1 heterocycles. The Labute approximate surface area is 178 Å². The molecule has 0 saturated heterocycles. The molecule has 1 aromatic carbocycles. The lowest BCUT2D eigenvalue weighted by molar-refractivity contribution is -0.0295. The fourth-order valence-electron chi connectivity index (χ4n) is 2.82. The van der Waals surface area contributed by atoms with Crippen LogP contribution in [0.3, 0.4) is 0 Å². The summed E-state index contributed by atoms with van der Waals surface area (Å²) in [6.45, 7) is -0.793. The first kappa shape index (κ1) is 21.1. The van der Waals surface area contributed by atoms with E-state index in [4.69, 9.17) is 9.94 Å². The number of fused-ring (bicyclic) bond motifs is 1. The Morgan fingerprint density at radius 1 is 1.39 bits per heavy atom. The predicted molar refractivity (Wildman–Crippen MR) is 110 cm³/mol. The van der Waals surface area contributed by atoms with Crippen LogP contribution in [0.5, 0.6) is 0 Å². The number of Topliss-reactive ketones (excluding diaryl/α,β-unsaturated/α-hetero) is 1. The van der Waals surface area contributed by atoms with Crippen molar-refractivity contribution in [1.82, 2.24) is 5.48 Å². The molecule has 0 fully saturated rings. The van der Waals surface area contributed by atoms with Gasteiger partial charge in [-0.25, -0.2) is 9.87 Å². The number of hydroxylamine groups is 1. The molecular formula is C18H18FIN2O5S. The van der Waals surface area contributed by atoms with Crippen LogP contribution in [-0.2, 0) is 11.3 Å². The smallest absolute Gasteiger partial charge is 0.278 e. The maximum atomic E-state index is 14.3. The molecular weight excluding hydrogens is 502 g/mol. The number of anilines is 2. The maximum absolute atomic E-state index is 14.3. The number of benzene rings is 1. The third kappa shape index (κ3) is 4.69. The molecule has 1 aliphatic carbocycles. The number of hydrogen-bond acceptors (Lipinski definition) is 7. The molecule has 1 aliphatic rings. The molecule has 0 aliphatic heterocycles. The number of hydrogen-bond donors (Lipinski definition) is 4. The van der Waals surface area contributed by atoms with Crippen molar-refractivity contribution >= 4 is 56.3 Å². The second-order valence-electron chi connectivity index (χ2n) is 6.22. The first-order valence-electron chi connectivity index (χ1n) is 8.52. The van der Waals surface area contributed by atoms with Gasteiger partial charge in [0, 0.05) is 9.99 Å². The lowest BCUT2D eigenvalue weighted by atomic mass is 9.94. The van der Waals surface area contributed by atoms with E-state index in [9.17, 15) is 19.1 Å². The second kappa shape index (κ2) is 9.27. The van der Waals surface area contributed by atoms with Gasteiger partial charge >= 0.3 is 0 Å². The molecule has 1 aromatic heterocycles. The van der Waals surface area contributed by atoms with Crippen LogP contribution in [0.2, 0.25) is 0 Å². The van der Waals surface area contributed by atoms with Gasteiger partial charge < -0.3 is 15.5 Å². The molecule has 28 heavy (non-hydrogen) atoms. The molecule has 0 radical (unpaired) electrons. The quantitative estimate of drug-likeness (QED) is 0.331. The van der Waals surface area contributed by atoms with Crippen LogP contribution >= 0.6 is 33.9 Å². The van der Waals surface area contributed by atoms with Crippen LogP contribution in [-0.4, -0.2) is 41.2 Å². The third-order valence-corrected chi connectivity index (χ3v) is 6.01. The summed E-state index contributed by atoms with van der Waals surface area (Å²) >= 11 is 3.11. The molecule has 150 valence electrons. The third-order valence-electron chi connectivity index (χ3n) is 4.15. The van der Waals surface area contributed by atoms with Gasteiger partial charge in [0.05, 0.1) is 22.7 Å². The van der Waals surface area contributed by atoms with Crippen molar-refractivity contribution in [2.45, 2.75) is 25.4 Å². The average molecular weight is 520 g/mol. The molecule has 0 bridgehead atoms. The van der Waals surface area contributed by atoms with E-state index in [0.29, 0.717) is 34.7 Å². The topological polar surface area (TPSA) is 108 Å². The minimum atomic E-state index is -1.13. The summed E-state index contributed by atoms with van der Waals surface area (Å²) in [5.74, 6) is -1.13. The highest BCUT2D eigenvalue weighted by Gasteiger charge is 2.30. The minimum Gasteiger partial charge on any atom is -0.394 e. The van der Waals surface area contributed by atoms with Crippen molar-refractivity contribution in [3.05, 3.63) is 43.6 Å². The van der Waals surface area contributed by atoms with E-state index in [0.717, 1.165) is 14.9 Å². The number of halogens is 2. The summed E-state index contributed by atoms with van der Waals surface area (Å²) in [5.41, 5.74) is 3.24. The largest absolute Gasteiger partial charge is 0.394 e. The summed E-state index contributed by atoms with van der Waals surface area (Å²) in [5, 5.41) is 21.4. The van der Waals surface area contributed by atoms with Crippen LogP contribution in [0.25, 0.3) is 0 Å². The number of carbonyl (C=O) groups is 2. The number of carbonyl (C=O) groups excluding carboxylic acids is 2. The van der Waals surface area contributed by atoms with E-state index in [-0.39, 0.29) is 23.6 Å². The number of nitrogens with one attached hydrogen (secondary N) is 2. The number of aliphatic hydroxyl groups excluding tert-OH is 2. The van der Waals surface area contributed by atoms with E-state index >= 15 is 0 Å². The van der Waals surface area contributed by atoms with Gasteiger partial charge in [0.15, 0.2) is 5.78 Å². The zero-order chi connectivity index (χ0) is 20.3. The summed E-state index contributed by atoms with van der Waals surface area (Å²) < 4.78 is 15.0. The van der Waals surface area contributed by atoms with Gasteiger partial charge in [-0.2, -0.15) is 0 Å². The Balaban J connectivity index is 1.90. The van der Waals surface area contributed by atoms with E-state index in [2.05, 4.69) is 10.8 Å². The van der Waals surface area contributed by atoms with E-state index in [1.54, 1.807) is 12.1 Å². The van der Waals surface area contributed by atoms with Crippen LogP contribution in [0.4, 0.5) is 15.1 Å². The number of thiophene rings is 1. The molecule has 0 saturated carbocycles. The standard InChI is InChI=1S/C18H18FIN2O5S/c19-12-6-9(20)4-5-13(12)21-18-15(17(26)22-27-8-10(24)7-23)11-2-1-3-14(25)16(11)28-18/h4-6,10,21,23-24H,1-3,7-8H2,(H,22,26). The zero-order valence-corrected chi connectivity index (χ0v) is 17.6. The molecule has 10 heteroatoms. The van der Waals surface area contributed by atoms with Gasteiger partial charge in [0.25, 0.3) is 5.91 Å². The second-order valence-corrected chi connectivity index (χ2v) is 8.48. The highest BCUT2D eigenvalue weighted by molar-refractivity contribution is 14.1. The lowest BCUT2D eigenvalue weighted by Crippen LogP contribution is -2.30. The predicted octanol–water partition coefficient (Wildman–Crippen LogP) is 2.77. The Morgan fingerprint density at radius 2 is 2.18 bits per heavy atom. The Bertz CT molecular complexity index is 904. The monoisotopic (exact) mass is 520 g/mol. The normalized spacial score (nSPS) is 14.5. The first-order chi connectivity index (χ1) is 13.4. The molecule has 2 aromatic rings. The molecule has 1 amide bonds. The summed E-state index contributed by atoms with van der Waals surface area (Å²) in [7, 11) is 0. The van der Waals surface area contributed by atoms with Crippen molar-refractivity contribution < 1.29 is 29.0 Å². The van der Waals surface area contributed by atoms with Crippen molar-refractivity contribution in [2.75, 3.05) is 18.5 Å². The summed E-state index contributed by atoms with van der Waals surface area (Å²) in [6.07, 6.45) is 0.461. The summed E-state index contributed by atoms with van der Waals surface area (Å²) in [6, 6.07) is 4.65. The fourth-order valence-corrected chi connectivity index (χ4v) is 4.50. The van der Waals surface area contributed by atoms with E-state index in [1.807, 2.05) is 22.6 Å². The fraction of sp³-hybridized carbons (Fsp3) is 0.333. The van der Waals surface area contributed by atoms with Gasteiger partial charge in [-0.1, -0.05) is 0 Å². The van der Waals surface area contributed by atoms with Gasteiger partial charge in [0.2, 0.25) is 0 Å².